The Balaban J connectivity index is 1.63. The molecule has 7 nitrogen and oxygen atoms in total. The molecule has 1 spiro atoms. The number of amides is 1. The van der Waals surface area contributed by atoms with E-state index >= 15 is 0 Å². The third-order valence-electron chi connectivity index (χ3n) is 5.80. The molecule has 1 atom stereocenters. The Morgan fingerprint density at radius 1 is 1.46 bits per heavy atom. The number of aromatic nitrogens is 2. The minimum absolute atomic E-state index is 0.0552. The molecule has 1 aromatic rings. The summed E-state index contributed by atoms with van der Waals surface area (Å²) in [6.45, 7) is 5.27. The molecular formula is C17H28N4O3. The van der Waals surface area contributed by atoms with Crippen LogP contribution in [0.4, 0.5) is 0 Å². The molecule has 0 saturated carbocycles. The van der Waals surface area contributed by atoms with Gasteiger partial charge in [0, 0.05) is 65.6 Å². The van der Waals surface area contributed by atoms with Gasteiger partial charge in [-0.3, -0.25) is 9.48 Å². The predicted molar refractivity (Wildman–Crippen MR) is 89.7 cm³/mol. The SMILES string of the molecule is COCCN1CC(CO)C2(CCN(C(=O)c3ccnn3C)CC2)C1. The first-order valence-corrected chi connectivity index (χ1v) is 8.69. The van der Waals surface area contributed by atoms with Gasteiger partial charge in [-0.05, 0) is 24.3 Å². The second-order valence-electron chi connectivity index (χ2n) is 7.10. The van der Waals surface area contributed by atoms with E-state index in [1.165, 1.54) is 0 Å². The average molecular weight is 336 g/mol. The lowest BCUT2D eigenvalue weighted by molar-refractivity contribution is 0.0392. The molecule has 1 aromatic heterocycles. The van der Waals surface area contributed by atoms with Crippen LogP contribution in [0.1, 0.15) is 23.3 Å². The van der Waals surface area contributed by atoms with Crippen LogP contribution in [0.2, 0.25) is 0 Å². The number of aliphatic hydroxyl groups is 1. The molecule has 1 N–H and O–H groups in total. The van der Waals surface area contributed by atoms with Crippen molar-refractivity contribution in [2.24, 2.45) is 18.4 Å². The van der Waals surface area contributed by atoms with E-state index in [0.29, 0.717) is 11.6 Å². The third kappa shape index (κ3) is 3.20. The molecule has 134 valence electrons. The first-order valence-electron chi connectivity index (χ1n) is 8.69. The first-order chi connectivity index (χ1) is 11.6. The number of aliphatic hydroxyl groups excluding tert-OH is 1. The lowest BCUT2D eigenvalue weighted by Gasteiger charge is -2.42. The summed E-state index contributed by atoms with van der Waals surface area (Å²) in [6.07, 6.45) is 3.56. The summed E-state index contributed by atoms with van der Waals surface area (Å²) < 4.78 is 6.81. The second kappa shape index (κ2) is 7.21. The van der Waals surface area contributed by atoms with Crippen LogP contribution >= 0.6 is 0 Å². The van der Waals surface area contributed by atoms with Gasteiger partial charge < -0.3 is 19.6 Å². The van der Waals surface area contributed by atoms with Crippen LogP contribution in [0.25, 0.3) is 0 Å². The van der Waals surface area contributed by atoms with Crippen molar-refractivity contribution in [3.63, 3.8) is 0 Å². The zero-order valence-corrected chi connectivity index (χ0v) is 14.6. The number of ether oxygens (including phenoxy) is 1. The Hall–Kier alpha value is -1.44. The van der Waals surface area contributed by atoms with Gasteiger partial charge in [-0.1, -0.05) is 0 Å². The molecule has 0 aromatic carbocycles. The molecule has 2 saturated heterocycles. The number of piperidine rings is 1. The number of carbonyl (C=O) groups excluding carboxylic acids is 1. The molecule has 2 fully saturated rings. The number of hydrogen-bond acceptors (Lipinski definition) is 5. The van der Waals surface area contributed by atoms with Crippen LogP contribution in [0.3, 0.4) is 0 Å². The van der Waals surface area contributed by atoms with Crippen molar-refractivity contribution in [1.29, 1.82) is 0 Å². The van der Waals surface area contributed by atoms with E-state index in [9.17, 15) is 9.90 Å². The number of aryl methyl sites for hydroxylation is 1. The van der Waals surface area contributed by atoms with E-state index in [-0.39, 0.29) is 17.9 Å². The van der Waals surface area contributed by atoms with E-state index in [1.807, 2.05) is 4.90 Å². The van der Waals surface area contributed by atoms with Crippen LogP contribution < -0.4 is 0 Å². The number of likely N-dealkylation sites (tertiary alicyclic amines) is 2. The fourth-order valence-electron chi connectivity index (χ4n) is 4.25. The predicted octanol–water partition coefficient (Wildman–Crippen LogP) is 0.213. The summed E-state index contributed by atoms with van der Waals surface area (Å²) in [5.41, 5.74) is 0.768. The molecule has 3 heterocycles. The smallest absolute Gasteiger partial charge is 0.272 e. The van der Waals surface area contributed by atoms with Gasteiger partial charge in [0.25, 0.3) is 5.91 Å². The highest BCUT2D eigenvalue weighted by Crippen LogP contribution is 2.44. The van der Waals surface area contributed by atoms with Crippen LogP contribution in [-0.2, 0) is 11.8 Å². The monoisotopic (exact) mass is 336 g/mol. The van der Waals surface area contributed by atoms with Crippen molar-refractivity contribution >= 4 is 5.91 Å². The maximum absolute atomic E-state index is 12.6. The second-order valence-corrected chi connectivity index (χ2v) is 7.10. The van der Waals surface area contributed by atoms with Gasteiger partial charge in [-0.2, -0.15) is 5.10 Å². The van der Waals surface area contributed by atoms with E-state index in [0.717, 1.165) is 52.2 Å². The number of nitrogens with zero attached hydrogens (tertiary/aromatic N) is 4. The summed E-state index contributed by atoms with van der Waals surface area (Å²) in [7, 11) is 3.52. The Kier molecular flexibility index (Phi) is 5.22. The molecule has 7 heteroatoms. The summed E-state index contributed by atoms with van der Waals surface area (Å²) in [6, 6.07) is 1.77. The van der Waals surface area contributed by atoms with E-state index in [1.54, 1.807) is 31.1 Å². The summed E-state index contributed by atoms with van der Waals surface area (Å²) in [5, 5.41) is 13.9. The maximum atomic E-state index is 12.6. The van der Waals surface area contributed by atoms with Crippen LogP contribution in [0, 0.1) is 11.3 Å². The number of rotatable bonds is 5. The lowest BCUT2D eigenvalue weighted by Crippen LogP contribution is -2.47. The largest absolute Gasteiger partial charge is 0.396 e. The van der Waals surface area contributed by atoms with Crippen LogP contribution in [0.15, 0.2) is 12.3 Å². The molecule has 2 aliphatic heterocycles. The molecule has 0 radical (unpaired) electrons. The fourth-order valence-corrected chi connectivity index (χ4v) is 4.25. The van der Waals surface area contributed by atoms with Gasteiger partial charge in [0.2, 0.25) is 0 Å². The minimum Gasteiger partial charge on any atom is -0.396 e. The molecule has 1 unspecified atom stereocenters. The minimum atomic E-state index is 0.0552. The summed E-state index contributed by atoms with van der Waals surface area (Å²) >= 11 is 0. The topological polar surface area (TPSA) is 70.8 Å². The van der Waals surface area contributed by atoms with Crippen molar-refractivity contribution in [2.75, 3.05) is 53.0 Å². The average Bonchev–Trinajstić information content (AvgIpc) is 3.17. The number of methoxy groups -OCH3 is 1. The van der Waals surface area contributed by atoms with Gasteiger partial charge in [-0.25, -0.2) is 0 Å². The van der Waals surface area contributed by atoms with Crippen molar-refractivity contribution in [3.05, 3.63) is 18.0 Å². The van der Waals surface area contributed by atoms with Crippen LogP contribution in [0.5, 0.6) is 0 Å². The highest BCUT2D eigenvalue weighted by Gasteiger charge is 2.48. The highest BCUT2D eigenvalue weighted by molar-refractivity contribution is 5.92. The van der Waals surface area contributed by atoms with Crippen molar-refractivity contribution in [2.45, 2.75) is 12.8 Å². The summed E-state index contributed by atoms with van der Waals surface area (Å²) in [4.78, 5) is 16.9. The fraction of sp³-hybridized carbons (Fsp3) is 0.765. The lowest BCUT2D eigenvalue weighted by atomic mass is 9.71. The molecule has 0 bridgehead atoms. The van der Waals surface area contributed by atoms with Gasteiger partial charge in [0.15, 0.2) is 0 Å². The Morgan fingerprint density at radius 3 is 2.79 bits per heavy atom. The van der Waals surface area contributed by atoms with Crippen molar-refractivity contribution in [3.8, 4) is 0 Å². The van der Waals surface area contributed by atoms with E-state index in [2.05, 4.69) is 10.00 Å². The Labute approximate surface area is 143 Å². The quantitative estimate of drug-likeness (QED) is 0.832. The third-order valence-corrected chi connectivity index (χ3v) is 5.80. The van der Waals surface area contributed by atoms with Gasteiger partial charge >= 0.3 is 0 Å². The maximum Gasteiger partial charge on any atom is 0.272 e. The van der Waals surface area contributed by atoms with Gasteiger partial charge in [0.1, 0.15) is 5.69 Å². The zero-order valence-electron chi connectivity index (χ0n) is 14.6. The summed E-state index contributed by atoms with van der Waals surface area (Å²) in [5.74, 6) is 0.350. The zero-order chi connectivity index (χ0) is 17.2. The van der Waals surface area contributed by atoms with Gasteiger partial charge in [0.05, 0.1) is 6.61 Å². The first kappa shape index (κ1) is 17.4. The molecular weight excluding hydrogens is 308 g/mol. The van der Waals surface area contributed by atoms with Crippen molar-refractivity contribution < 1.29 is 14.6 Å². The normalized spacial score (nSPS) is 24.0. The number of hydrogen-bond donors (Lipinski definition) is 1. The Bertz CT molecular complexity index is 566. The molecule has 2 aliphatic rings. The Morgan fingerprint density at radius 2 is 2.21 bits per heavy atom. The molecule has 3 rings (SSSR count). The highest BCUT2D eigenvalue weighted by atomic mass is 16.5. The standard InChI is InChI=1S/C17H28N4O3/c1-19-15(3-6-18-19)16(23)21-7-4-17(5-8-21)13-20(9-10-24-2)11-14(17)12-22/h3,6,14,22H,4-5,7-13H2,1-2H3. The van der Waals surface area contributed by atoms with E-state index < -0.39 is 0 Å². The number of carbonyl (C=O) groups is 1. The molecule has 24 heavy (non-hydrogen) atoms. The molecule has 1 amide bonds. The van der Waals surface area contributed by atoms with Crippen LogP contribution in [-0.4, -0.2) is 83.6 Å². The van der Waals surface area contributed by atoms with Crippen molar-refractivity contribution in [1.82, 2.24) is 19.6 Å². The molecule has 0 aliphatic carbocycles. The van der Waals surface area contributed by atoms with E-state index in [4.69, 9.17) is 4.74 Å². The van der Waals surface area contributed by atoms with Gasteiger partial charge in [-0.15, -0.1) is 0 Å².